The molecule has 0 aromatic carbocycles. The Bertz CT molecular complexity index is 618. The Morgan fingerprint density at radius 3 is 3.09 bits per heavy atom. The molecule has 7 nitrogen and oxygen atoms in total. The minimum atomic E-state index is -0.146. The van der Waals surface area contributed by atoms with E-state index in [1.807, 2.05) is 6.07 Å². The summed E-state index contributed by atoms with van der Waals surface area (Å²) in [7, 11) is 1.66. The number of rotatable bonds is 6. The van der Waals surface area contributed by atoms with Crippen molar-refractivity contribution in [2.75, 3.05) is 31.7 Å². The van der Waals surface area contributed by atoms with Crippen LogP contribution in [0.2, 0.25) is 0 Å². The number of nitrogens with zero attached hydrogens (tertiary/aromatic N) is 3. The van der Waals surface area contributed by atoms with Gasteiger partial charge in [0.05, 0.1) is 31.5 Å². The fourth-order valence-electron chi connectivity index (χ4n) is 2.91. The van der Waals surface area contributed by atoms with E-state index in [2.05, 4.69) is 20.2 Å². The zero-order chi connectivity index (χ0) is 16.1. The molecule has 0 spiro atoms. The van der Waals surface area contributed by atoms with Crippen LogP contribution in [0.5, 0.6) is 0 Å². The topological polar surface area (TPSA) is 80.5 Å². The maximum absolute atomic E-state index is 12.5. The first-order chi connectivity index (χ1) is 11.3. The Balaban J connectivity index is 1.65. The lowest BCUT2D eigenvalue weighted by molar-refractivity contribution is -0.126. The van der Waals surface area contributed by atoms with Gasteiger partial charge in [-0.1, -0.05) is 0 Å². The maximum Gasteiger partial charge on any atom is 0.225 e. The summed E-state index contributed by atoms with van der Waals surface area (Å²) < 4.78 is 10.5. The Morgan fingerprint density at radius 2 is 2.39 bits per heavy atom. The molecular weight excluding hydrogens is 296 g/mol. The van der Waals surface area contributed by atoms with Gasteiger partial charge in [-0.3, -0.25) is 9.78 Å². The molecule has 1 aliphatic rings. The van der Waals surface area contributed by atoms with Crippen LogP contribution >= 0.6 is 0 Å². The lowest BCUT2D eigenvalue weighted by Gasteiger charge is -2.16. The van der Waals surface area contributed by atoms with Crippen LogP contribution in [0.4, 0.5) is 5.82 Å². The zero-order valence-electron chi connectivity index (χ0n) is 13.0. The summed E-state index contributed by atoms with van der Waals surface area (Å²) in [5, 5.41) is 2.94. The normalized spacial score (nSPS) is 20.7. The third kappa shape index (κ3) is 3.68. The number of carbonyl (C=O) groups is 1. The highest BCUT2D eigenvalue weighted by atomic mass is 16.5. The molecule has 0 unspecified atom stereocenters. The van der Waals surface area contributed by atoms with Crippen molar-refractivity contribution in [1.82, 2.24) is 15.3 Å². The van der Waals surface area contributed by atoms with Crippen LogP contribution in [0.3, 0.4) is 0 Å². The molecule has 23 heavy (non-hydrogen) atoms. The van der Waals surface area contributed by atoms with E-state index in [1.165, 1.54) is 0 Å². The molecule has 122 valence electrons. The smallest absolute Gasteiger partial charge is 0.225 e. The number of carbonyl (C=O) groups excluding carboxylic acids is 1. The van der Waals surface area contributed by atoms with E-state index in [0.717, 1.165) is 18.1 Å². The highest BCUT2D eigenvalue weighted by Crippen LogP contribution is 2.27. The molecule has 7 heteroatoms. The largest absolute Gasteiger partial charge is 0.467 e. The third-order valence-electron chi connectivity index (χ3n) is 4.05. The first-order valence-electron chi connectivity index (χ1n) is 7.58. The van der Waals surface area contributed by atoms with E-state index in [4.69, 9.17) is 9.15 Å². The van der Waals surface area contributed by atoms with Crippen molar-refractivity contribution in [2.24, 2.45) is 11.8 Å². The standard InChI is InChI=1S/C16H20N4O3/c1-22-11-12-9-20(15-8-17-4-5-18-15)10-14(12)16(21)19-7-13-3-2-6-23-13/h2-6,8,12,14H,7,9-11H2,1H3,(H,19,21)/t12-,14+/m0/s1. The monoisotopic (exact) mass is 316 g/mol. The van der Waals surface area contributed by atoms with Crippen LogP contribution in [0.1, 0.15) is 5.76 Å². The number of anilines is 1. The van der Waals surface area contributed by atoms with E-state index in [-0.39, 0.29) is 17.7 Å². The second-order valence-electron chi connectivity index (χ2n) is 5.59. The molecule has 0 bridgehead atoms. The molecule has 2 aromatic heterocycles. The lowest BCUT2D eigenvalue weighted by atomic mass is 9.96. The molecule has 0 aliphatic carbocycles. The van der Waals surface area contributed by atoms with E-state index in [1.54, 1.807) is 38.0 Å². The molecule has 1 saturated heterocycles. The maximum atomic E-state index is 12.5. The average molecular weight is 316 g/mol. The fraction of sp³-hybridized carbons (Fsp3) is 0.438. The van der Waals surface area contributed by atoms with Gasteiger partial charge in [-0.2, -0.15) is 0 Å². The fourth-order valence-corrected chi connectivity index (χ4v) is 2.91. The number of ether oxygens (including phenoxy) is 1. The molecule has 2 atom stereocenters. The van der Waals surface area contributed by atoms with Crippen molar-refractivity contribution in [3.63, 3.8) is 0 Å². The summed E-state index contributed by atoms with van der Waals surface area (Å²) in [4.78, 5) is 23.0. The summed E-state index contributed by atoms with van der Waals surface area (Å²) >= 11 is 0. The van der Waals surface area contributed by atoms with E-state index in [0.29, 0.717) is 19.7 Å². The minimum Gasteiger partial charge on any atom is -0.467 e. The van der Waals surface area contributed by atoms with Crippen molar-refractivity contribution in [3.8, 4) is 0 Å². The minimum absolute atomic E-state index is 0.00911. The van der Waals surface area contributed by atoms with Gasteiger partial charge in [0.15, 0.2) is 0 Å². The molecule has 1 N–H and O–H groups in total. The quantitative estimate of drug-likeness (QED) is 0.859. The van der Waals surface area contributed by atoms with E-state index in [9.17, 15) is 4.79 Å². The Hall–Kier alpha value is -2.41. The number of amides is 1. The highest BCUT2D eigenvalue weighted by molar-refractivity contribution is 5.80. The van der Waals surface area contributed by atoms with Crippen molar-refractivity contribution >= 4 is 11.7 Å². The first kappa shape index (κ1) is 15.5. The van der Waals surface area contributed by atoms with E-state index >= 15 is 0 Å². The van der Waals surface area contributed by atoms with Crippen molar-refractivity contribution in [2.45, 2.75) is 6.54 Å². The van der Waals surface area contributed by atoms with Crippen molar-refractivity contribution in [1.29, 1.82) is 0 Å². The average Bonchev–Trinajstić information content (AvgIpc) is 3.23. The summed E-state index contributed by atoms with van der Waals surface area (Å²) in [6.07, 6.45) is 6.61. The number of hydrogen-bond acceptors (Lipinski definition) is 6. The molecule has 0 saturated carbocycles. The summed E-state index contributed by atoms with van der Waals surface area (Å²) in [6, 6.07) is 3.65. The van der Waals surface area contributed by atoms with Gasteiger partial charge in [-0.25, -0.2) is 4.98 Å². The van der Waals surface area contributed by atoms with Gasteiger partial charge in [0.1, 0.15) is 11.6 Å². The number of methoxy groups -OCH3 is 1. The number of nitrogens with one attached hydrogen (secondary N) is 1. The first-order valence-corrected chi connectivity index (χ1v) is 7.58. The molecule has 1 amide bonds. The van der Waals surface area contributed by atoms with Crippen molar-refractivity contribution in [3.05, 3.63) is 42.7 Å². The Kier molecular flexibility index (Phi) is 4.87. The predicted molar refractivity (Wildman–Crippen MR) is 83.7 cm³/mol. The number of furan rings is 1. The van der Waals surface area contributed by atoms with Crippen LogP contribution in [-0.2, 0) is 16.1 Å². The van der Waals surface area contributed by atoms with Gasteiger partial charge < -0.3 is 19.4 Å². The van der Waals surface area contributed by atoms with Gasteiger partial charge in [-0.15, -0.1) is 0 Å². The number of hydrogen-bond donors (Lipinski definition) is 1. The van der Waals surface area contributed by atoms with Gasteiger partial charge in [0.25, 0.3) is 0 Å². The summed E-state index contributed by atoms with van der Waals surface area (Å²) in [6.45, 7) is 2.27. The second kappa shape index (κ2) is 7.23. The lowest BCUT2D eigenvalue weighted by Crippen LogP contribution is -2.36. The zero-order valence-corrected chi connectivity index (χ0v) is 13.0. The summed E-state index contributed by atoms with van der Waals surface area (Å²) in [5.41, 5.74) is 0. The predicted octanol–water partition coefficient (Wildman–Crippen LogP) is 1.08. The van der Waals surface area contributed by atoms with Crippen molar-refractivity contribution < 1.29 is 13.9 Å². The SMILES string of the molecule is COC[C@@H]1CN(c2cnccn2)C[C@H]1C(=O)NCc1ccco1. The summed E-state index contributed by atoms with van der Waals surface area (Å²) in [5.74, 6) is 1.51. The molecule has 1 aliphatic heterocycles. The Labute approximate surface area is 134 Å². The van der Waals surface area contributed by atoms with Crippen LogP contribution in [0.15, 0.2) is 41.4 Å². The second-order valence-corrected chi connectivity index (χ2v) is 5.59. The molecule has 2 aromatic rings. The Morgan fingerprint density at radius 1 is 1.48 bits per heavy atom. The van der Waals surface area contributed by atoms with Gasteiger partial charge in [0, 0.05) is 38.5 Å². The van der Waals surface area contributed by atoms with Crippen LogP contribution in [0.25, 0.3) is 0 Å². The van der Waals surface area contributed by atoms with Crippen LogP contribution in [0, 0.1) is 11.8 Å². The molecule has 0 radical (unpaired) electrons. The molecule has 3 rings (SSSR count). The highest BCUT2D eigenvalue weighted by Gasteiger charge is 2.38. The molecule has 3 heterocycles. The third-order valence-corrected chi connectivity index (χ3v) is 4.05. The van der Waals surface area contributed by atoms with Crippen LogP contribution < -0.4 is 10.2 Å². The molecular formula is C16H20N4O3. The van der Waals surface area contributed by atoms with Gasteiger partial charge in [0.2, 0.25) is 5.91 Å². The van der Waals surface area contributed by atoms with Gasteiger partial charge in [-0.05, 0) is 12.1 Å². The van der Waals surface area contributed by atoms with Gasteiger partial charge >= 0.3 is 0 Å². The van der Waals surface area contributed by atoms with Crippen LogP contribution in [-0.4, -0.2) is 42.7 Å². The molecule has 1 fully saturated rings. The number of aromatic nitrogens is 2. The van der Waals surface area contributed by atoms with E-state index < -0.39 is 0 Å².